The Bertz CT molecular complexity index is 297. The van der Waals surface area contributed by atoms with Crippen LogP contribution in [0.2, 0.25) is 0 Å². The summed E-state index contributed by atoms with van der Waals surface area (Å²) in [6.45, 7) is 4.96. The zero-order chi connectivity index (χ0) is 12.0. The lowest BCUT2D eigenvalue weighted by Crippen LogP contribution is -2.34. The second-order valence-corrected chi connectivity index (χ2v) is 4.26. The summed E-state index contributed by atoms with van der Waals surface area (Å²) in [5.41, 5.74) is 6.68. The Morgan fingerprint density at radius 2 is 1.94 bits per heavy atom. The van der Waals surface area contributed by atoms with Crippen LogP contribution in [0.4, 0.5) is 10.1 Å². The third kappa shape index (κ3) is 3.81. The van der Waals surface area contributed by atoms with Gasteiger partial charge in [-0.15, -0.1) is 0 Å². The normalized spacial score (nSPS) is 14.5. The highest BCUT2D eigenvalue weighted by Gasteiger charge is 2.14. The summed E-state index contributed by atoms with van der Waals surface area (Å²) in [7, 11) is 0. The fourth-order valence-corrected chi connectivity index (χ4v) is 1.85. The molecule has 0 aromatic heterocycles. The third-order valence-corrected chi connectivity index (χ3v) is 2.88. The van der Waals surface area contributed by atoms with Crippen molar-refractivity contribution in [1.82, 2.24) is 0 Å². The monoisotopic (exact) mass is 224 g/mol. The zero-order valence-electron chi connectivity index (χ0n) is 10.0. The van der Waals surface area contributed by atoms with Crippen LogP contribution < -0.4 is 11.1 Å². The van der Waals surface area contributed by atoms with E-state index in [1.54, 1.807) is 12.1 Å². The van der Waals surface area contributed by atoms with Crippen molar-refractivity contribution in [3.05, 3.63) is 30.1 Å². The molecule has 0 bridgehead atoms. The van der Waals surface area contributed by atoms with Crippen LogP contribution in [0.3, 0.4) is 0 Å². The minimum Gasteiger partial charge on any atom is -0.381 e. The molecule has 0 aliphatic heterocycles. The Labute approximate surface area is 97.0 Å². The molecule has 0 fully saturated rings. The van der Waals surface area contributed by atoms with E-state index < -0.39 is 0 Å². The van der Waals surface area contributed by atoms with Crippen LogP contribution in [-0.4, -0.2) is 12.6 Å². The molecule has 2 nitrogen and oxygen atoms in total. The highest BCUT2D eigenvalue weighted by Crippen LogP contribution is 2.16. The molecule has 2 atom stereocenters. The highest BCUT2D eigenvalue weighted by atomic mass is 19.1. The summed E-state index contributed by atoms with van der Waals surface area (Å²) in [4.78, 5) is 0. The van der Waals surface area contributed by atoms with Gasteiger partial charge in [0.05, 0.1) is 0 Å². The molecule has 0 spiro atoms. The highest BCUT2D eigenvalue weighted by molar-refractivity contribution is 5.44. The maximum absolute atomic E-state index is 12.7. The predicted molar refractivity (Wildman–Crippen MR) is 66.9 cm³/mol. The van der Waals surface area contributed by atoms with E-state index in [9.17, 15) is 4.39 Å². The number of rotatable bonds is 6. The number of nitrogens with two attached hydrogens (primary N) is 1. The van der Waals surface area contributed by atoms with E-state index in [0.717, 1.165) is 18.5 Å². The van der Waals surface area contributed by atoms with Gasteiger partial charge in [-0.25, -0.2) is 4.39 Å². The van der Waals surface area contributed by atoms with Gasteiger partial charge in [-0.05, 0) is 36.6 Å². The first kappa shape index (κ1) is 13.0. The van der Waals surface area contributed by atoms with Gasteiger partial charge in [0.25, 0.3) is 0 Å². The van der Waals surface area contributed by atoms with E-state index in [2.05, 4.69) is 19.2 Å². The quantitative estimate of drug-likeness (QED) is 0.779. The van der Waals surface area contributed by atoms with E-state index >= 15 is 0 Å². The largest absolute Gasteiger partial charge is 0.381 e. The average Bonchev–Trinajstić information content (AvgIpc) is 2.28. The Morgan fingerprint density at radius 3 is 2.44 bits per heavy atom. The van der Waals surface area contributed by atoms with E-state index in [0.29, 0.717) is 12.5 Å². The van der Waals surface area contributed by atoms with Crippen LogP contribution in [0.15, 0.2) is 24.3 Å². The van der Waals surface area contributed by atoms with E-state index in [1.165, 1.54) is 12.1 Å². The summed E-state index contributed by atoms with van der Waals surface area (Å²) in [5, 5.41) is 3.35. The van der Waals surface area contributed by atoms with Crippen LogP contribution in [0, 0.1) is 11.7 Å². The van der Waals surface area contributed by atoms with Crippen molar-refractivity contribution in [3.63, 3.8) is 0 Å². The molecule has 0 saturated carbocycles. The summed E-state index contributed by atoms with van der Waals surface area (Å²) in [5.74, 6) is 0.316. The topological polar surface area (TPSA) is 38.0 Å². The molecular weight excluding hydrogens is 203 g/mol. The van der Waals surface area contributed by atoms with Crippen LogP contribution in [-0.2, 0) is 0 Å². The molecule has 3 N–H and O–H groups in total. The zero-order valence-corrected chi connectivity index (χ0v) is 10.0. The van der Waals surface area contributed by atoms with Crippen molar-refractivity contribution >= 4 is 5.69 Å². The molecule has 0 saturated heterocycles. The number of benzene rings is 1. The van der Waals surface area contributed by atoms with Gasteiger partial charge >= 0.3 is 0 Å². The van der Waals surface area contributed by atoms with Gasteiger partial charge in [0.15, 0.2) is 0 Å². The molecule has 3 heteroatoms. The van der Waals surface area contributed by atoms with Gasteiger partial charge < -0.3 is 11.1 Å². The summed E-state index contributed by atoms with van der Waals surface area (Å²) >= 11 is 0. The van der Waals surface area contributed by atoms with Crippen molar-refractivity contribution < 1.29 is 4.39 Å². The summed E-state index contributed by atoms with van der Waals surface area (Å²) < 4.78 is 12.7. The molecule has 0 amide bonds. The van der Waals surface area contributed by atoms with E-state index in [4.69, 9.17) is 5.73 Å². The number of anilines is 1. The first-order chi connectivity index (χ1) is 7.67. The van der Waals surface area contributed by atoms with Crippen LogP contribution in [0.5, 0.6) is 0 Å². The molecular formula is C13H21FN2. The predicted octanol–water partition coefficient (Wildman–Crippen LogP) is 3.00. The average molecular weight is 224 g/mol. The van der Waals surface area contributed by atoms with Gasteiger partial charge in [-0.3, -0.25) is 0 Å². The third-order valence-electron chi connectivity index (χ3n) is 2.88. The number of hydrogen-bond donors (Lipinski definition) is 2. The fraction of sp³-hybridized carbons (Fsp3) is 0.538. The van der Waals surface area contributed by atoms with E-state index in [1.807, 2.05) is 0 Å². The molecule has 1 aromatic rings. The lowest BCUT2D eigenvalue weighted by molar-refractivity contribution is 0.450. The molecule has 1 aromatic carbocycles. The van der Waals surface area contributed by atoms with Gasteiger partial charge in [0.1, 0.15) is 5.82 Å². The van der Waals surface area contributed by atoms with Crippen LogP contribution in [0.25, 0.3) is 0 Å². The van der Waals surface area contributed by atoms with Crippen LogP contribution >= 0.6 is 0 Å². The molecule has 90 valence electrons. The number of halogens is 1. The molecule has 0 radical (unpaired) electrons. The Balaban J connectivity index is 2.59. The van der Waals surface area contributed by atoms with Crippen molar-refractivity contribution in [1.29, 1.82) is 0 Å². The Kier molecular flexibility index (Phi) is 5.26. The minimum atomic E-state index is -0.212. The van der Waals surface area contributed by atoms with E-state index in [-0.39, 0.29) is 11.9 Å². The van der Waals surface area contributed by atoms with Crippen molar-refractivity contribution in [2.45, 2.75) is 32.7 Å². The fourth-order valence-electron chi connectivity index (χ4n) is 1.85. The van der Waals surface area contributed by atoms with Gasteiger partial charge in [-0.1, -0.05) is 20.3 Å². The molecule has 1 rings (SSSR count). The minimum absolute atomic E-state index is 0.212. The number of hydrogen-bond acceptors (Lipinski definition) is 2. The Morgan fingerprint density at radius 1 is 1.31 bits per heavy atom. The first-order valence-corrected chi connectivity index (χ1v) is 5.89. The maximum atomic E-state index is 12.7. The summed E-state index contributed by atoms with van der Waals surface area (Å²) in [6.07, 6.45) is 2.30. The molecule has 2 unspecified atom stereocenters. The van der Waals surface area contributed by atoms with Gasteiger partial charge in [0, 0.05) is 18.3 Å². The van der Waals surface area contributed by atoms with Gasteiger partial charge in [-0.2, -0.15) is 0 Å². The number of nitrogens with one attached hydrogen (secondary N) is 1. The molecule has 0 aliphatic carbocycles. The second kappa shape index (κ2) is 6.48. The van der Waals surface area contributed by atoms with Crippen molar-refractivity contribution in [2.75, 3.05) is 11.9 Å². The molecule has 0 aliphatic rings. The van der Waals surface area contributed by atoms with Crippen molar-refractivity contribution in [2.24, 2.45) is 11.7 Å². The molecule has 16 heavy (non-hydrogen) atoms. The van der Waals surface area contributed by atoms with Crippen LogP contribution in [0.1, 0.15) is 26.7 Å². The van der Waals surface area contributed by atoms with Crippen molar-refractivity contribution in [3.8, 4) is 0 Å². The lowest BCUT2D eigenvalue weighted by atomic mass is 9.96. The maximum Gasteiger partial charge on any atom is 0.123 e. The van der Waals surface area contributed by atoms with Gasteiger partial charge in [0.2, 0.25) is 0 Å². The SMILES string of the molecule is CCCC(C)C(CN)Nc1ccc(F)cc1. The smallest absolute Gasteiger partial charge is 0.123 e. The first-order valence-electron chi connectivity index (χ1n) is 5.89. The second-order valence-electron chi connectivity index (χ2n) is 4.26. The summed E-state index contributed by atoms with van der Waals surface area (Å²) in [6, 6.07) is 6.67. The molecule has 0 heterocycles. The standard InChI is InChI=1S/C13H21FN2/c1-3-4-10(2)13(9-15)16-12-7-5-11(14)6-8-12/h5-8,10,13,16H,3-4,9,15H2,1-2H3. The lowest BCUT2D eigenvalue weighted by Gasteiger charge is -2.24. The Hall–Kier alpha value is -1.09.